The monoisotopic (exact) mass is 481 g/mol. The van der Waals surface area contributed by atoms with Gasteiger partial charge in [0.25, 0.3) is 0 Å². The topological polar surface area (TPSA) is 21.3 Å². The van der Waals surface area contributed by atoms with Crippen molar-refractivity contribution in [2.75, 3.05) is 12.4 Å². The van der Waals surface area contributed by atoms with E-state index < -0.39 is 0 Å². The first kappa shape index (κ1) is 16.1. The molecule has 0 aliphatic rings. The second kappa shape index (κ2) is 7.16. The smallest absolute Gasteiger partial charge is 0.138 e. The second-order valence-electron chi connectivity index (χ2n) is 4.03. The zero-order chi connectivity index (χ0) is 14.7. The maximum absolute atomic E-state index is 6.08. The molecule has 2 aromatic carbocycles. The molecular weight excluding hydrogens is 473 g/mol. The molecule has 0 bridgehead atoms. The fraction of sp³-hybridized carbons (Fsp3) is 0.143. The van der Waals surface area contributed by atoms with Crippen molar-refractivity contribution in [2.45, 2.75) is 6.54 Å². The molecule has 2 rings (SSSR count). The normalized spacial score (nSPS) is 10.4. The van der Waals surface area contributed by atoms with Crippen LogP contribution >= 0.6 is 59.4 Å². The first-order chi connectivity index (χ1) is 9.52. The average molecular weight is 484 g/mol. The number of halogens is 4. The molecule has 0 heterocycles. The fourth-order valence-electron chi connectivity index (χ4n) is 1.80. The van der Waals surface area contributed by atoms with Gasteiger partial charge in [-0.1, -0.05) is 33.6 Å². The van der Waals surface area contributed by atoms with E-state index in [9.17, 15) is 0 Å². The predicted octanol–water partition coefficient (Wildman–Crippen LogP) is 6.25. The summed E-state index contributed by atoms with van der Waals surface area (Å²) in [5.74, 6) is 0.818. The van der Waals surface area contributed by atoms with Crippen molar-refractivity contribution >= 4 is 65.1 Å². The molecular formula is C14H11Br3ClNO. The number of anilines is 1. The van der Waals surface area contributed by atoms with Gasteiger partial charge >= 0.3 is 0 Å². The van der Waals surface area contributed by atoms with Crippen molar-refractivity contribution in [3.63, 3.8) is 0 Å². The predicted molar refractivity (Wildman–Crippen MR) is 94.9 cm³/mol. The molecule has 0 saturated heterocycles. The van der Waals surface area contributed by atoms with Gasteiger partial charge in [-0.05, 0) is 56.1 Å². The molecule has 6 heteroatoms. The zero-order valence-electron chi connectivity index (χ0n) is 10.5. The van der Waals surface area contributed by atoms with Gasteiger partial charge in [0.1, 0.15) is 5.75 Å². The van der Waals surface area contributed by atoms with Crippen molar-refractivity contribution in [2.24, 2.45) is 0 Å². The highest BCUT2D eigenvalue weighted by atomic mass is 79.9. The Bertz CT molecular complexity index is 634. The van der Waals surface area contributed by atoms with Gasteiger partial charge in [-0.2, -0.15) is 0 Å². The SMILES string of the molecule is COc1c(Br)cc(Br)cc1CNc1cccc(Cl)c1Br. The van der Waals surface area contributed by atoms with Gasteiger partial charge in [0.2, 0.25) is 0 Å². The number of methoxy groups -OCH3 is 1. The minimum absolute atomic E-state index is 0.625. The summed E-state index contributed by atoms with van der Waals surface area (Å²) < 4.78 is 8.19. The van der Waals surface area contributed by atoms with Gasteiger partial charge in [-0.25, -0.2) is 0 Å². The summed E-state index contributed by atoms with van der Waals surface area (Å²) in [4.78, 5) is 0. The maximum Gasteiger partial charge on any atom is 0.138 e. The number of benzene rings is 2. The van der Waals surface area contributed by atoms with Crippen LogP contribution in [-0.4, -0.2) is 7.11 Å². The molecule has 2 aromatic rings. The van der Waals surface area contributed by atoms with Crippen LogP contribution in [0.3, 0.4) is 0 Å². The van der Waals surface area contributed by atoms with Crippen molar-refractivity contribution in [1.29, 1.82) is 0 Å². The van der Waals surface area contributed by atoms with Gasteiger partial charge in [0, 0.05) is 16.6 Å². The Morgan fingerprint density at radius 3 is 2.65 bits per heavy atom. The lowest BCUT2D eigenvalue weighted by Crippen LogP contribution is -2.03. The summed E-state index contributed by atoms with van der Waals surface area (Å²) in [6.07, 6.45) is 0. The zero-order valence-corrected chi connectivity index (χ0v) is 16.0. The Labute approximate surface area is 148 Å². The van der Waals surface area contributed by atoms with Crippen LogP contribution in [0.15, 0.2) is 43.7 Å². The highest BCUT2D eigenvalue weighted by Gasteiger charge is 2.10. The summed E-state index contributed by atoms with van der Waals surface area (Å²) in [6, 6.07) is 9.69. The molecule has 0 spiro atoms. The van der Waals surface area contributed by atoms with Gasteiger partial charge in [-0.15, -0.1) is 0 Å². The lowest BCUT2D eigenvalue weighted by Gasteiger charge is -2.14. The molecule has 0 aliphatic heterocycles. The van der Waals surface area contributed by atoms with E-state index in [4.69, 9.17) is 16.3 Å². The van der Waals surface area contributed by atoms with Crippen LogP contribution in [-0.2, 0) is 6.54 Å². The minimum atomic E-state index is 0.625. The van der Waals surface area contributed by atoms with Gasteiger partial charge in [0.05, 0.1) is 26.8 Å². The molecule has 0 aromatic heterocycles. The molecule has 20 heavy (non-hydrogen) atoms. The second-order valence-corrected chi connectivity index (χ2v) is 7.01. The van der Waals surface area contributed by atoms with Crippen LogP contribution in [0.25, 0.3) is 0 Å². The molecule has 0 unspecified atom stereocenters. The van der Waals surface area contributed by atoms with Crippen molar-refractivity contribution in [3.8, 4) is 5.75 Å². The molecule has 0 radical (unpaired) electrons. The third-order valence-corrected chi connectivity index (χ3v) is 5.15. The Kier molecular flexibility index (Phi) is 5.78. The van der Waals surface area contributed by atoms with Crippen molar-refractivity contribution in [3.05, 3.63) is 54.3 Å². The summed E-state index contributed by atoms with van der Waals surface area (Å²) in [7, 11) is 1.66. The third-order valence-electron chi connectivity index (χ3n) is 2.71. The molecule has 0 atom stereocenters. The van der Waals surface area contributed by atoms with Gasteiger partial charge in [0.15, 0.2) is 0 Å². The molecule has 0 fully saturated rings. The summed E-state index contributed by atoms with van der Waals surface area (Å²) >= 11 is 16.5. The Morgan fingerprint density at radius 2 is 1.95 bits per heavy atom. The van der Waals surface area contributed by atoms with Crippen LogP contribution in [0.2, 0.25) is 5.02 Å². The summed E-state index contributed by atoms with van der Waals surface area (Å²) in [6.45, 7) is 0.625. The largest absolute Gasteiger partial charge is 0.495 e. The number of nitrogens with one attached hydrogen (secondary N) is 1. The minimum Gasteiger partial charge on any atom is -0.495 e. The molecule has 0 saturated carbocycles. The fourth-order valence-corrected chi connectivity index (χ4v) is 3.86. The van der Waals surface area contributed by atoms with Gasteiger partial charge in [-0.3, -0.25) is 0 Å². The van der Waals surface area contributed by atoms with Crippen LogP contribution in [0, 0.1) is 0 Å². The molecule has 2 nitrogen and oxygen atoms in total. The van der Waals surface area contributed by atoms with E-state index in [1.807, 2.05) is 30.3 Å². The lowest BCUT2D eigenvalue weighted by molar-refractivity contribution is 0.407. The Balaban J connectivity index is 2.25. The van der Waals surface area contributed by atoms with E-state index in [0.717, 1.165) is 30.4 Å². The van der Waals surface area contributed by atoms with Crippen LogP contribution in [0.1, 0.15) is 5.56 Å². The van der Waals surface area contributed by atoms with Crippen LogP contribution in [0.4, 0.5) is 5.69 Å². The standard InChI is InChI=1S/C14H11Br3ClNO/c1-20-14-8(5-9(15)6-10(14)16)7-19-12-4-2-3-11(18)13(12)17/h2-6,19H,7H2,1H3. The summed E-state index contributed by atoms with van der Waals surface area (Å²) in [5, 5.41) is 4.02. The molecule has 0 amide bonds. The number of ether oxygens (including phenoxy) is 1. The number of hydrogen-bond acceptors (Lipinski definition) is 2. The van der Waals surface area contributed by atoms with E-state index in [0.29, 0.717) is 11.6 Å². The van der Waals surface area contributed by atoms with Gasteiger partial charge < -0.3 is 10.1 Å². The number of hydrogen-bond donors (Lipinski definition) is 1. The van der Waals surface area contributed by atoms with Crippen LogP contribution in [0.5, 0.6) is 5.75 Å². The first-order valence-electron chi connectivity index (χ1n) is 5.72. The van der Waals surface area contributed by atoms with E-state index in [2.05, 4.69) is 53.1 Å². The molecule has 1 N–H and O–H groups in total. The van der Waals surface area contributed by atoms with E-state index in [1.54, 1.807) is 7.11 Å². The quantitative estimate of drug-likeness (QED) is 0.554. The number of rotatable bonds is 4. The van der Waals surface area contributed by atoms with E-state index in [-0.39, 0.29) is 0 Å². The van der Waals surface area contributed by atoms with Crippen molar-refractivity contribution in [1.82, 2.24) is 0 Å². The van der Waals surface area contributed by atoms with Crippen molar-refractivity contribution < 1.29 is 4.74 Å². The molecule has 0 aliphatic carbocycles. The Morgan fingerprint density at radius 1 is 1.20 bits per heavy atom. The van der Waals surface area contributed by atoms with E-state index >= 15 is 0 Å². The first-order valence-corrected chi connectivity index (χ1v) is 8.48. The maximum atomic E-state index is 6.08. The molecule has 106 valence electrons. The third kappa shape index (κ3) is 3.70. The van der Waals surface area contributed by atoms with Crippen LogP contribution < -0.4 is 10.1 Å². The highest BCUT2D eigenvalue weighted by molar-refractivity contribution is 9.11. The average Bonchev–Trinajstić information content (AvgIpc) is 2.40. The highest BCUT2D eigenvalue weighted by Crippen LogP contribution is 2.34. The van der Waals surface area contributed by atoms with E-state index in [1.165, 1.54) is 0 Å². The Hall–Kier alpha value is -0.230. The lowest BCUT2D eigenvalue weighted by atomic mass is 10.2. The summed E-state index contributed by atoms with van der Waals surface area (Å²) in [5.41, 5.74) is 1.98.